The number of imide groups is 1. The molecule has 1 aliphatic rings. The summed E-state index contributed by atoms with van der Waals surface area (Å²) in [5.41, 5.74) is 0. The Balaban J connectivity index is 2.54. The molecule has 1 unspecified atom stereocenters. The van der Waals surface area contributed by atoms with Gasteiger partial charge in [-0.15, -0.1) is 0 Å². The molecule has 1 atom stereocenters. The lowest BCUT2D eigenvalue weighted by Gasteiger charge is -2.18. The first-order chi connectivity index (χ1) is 5.38. The molecule has 68 valence electrons. The third-order valence-electron chi connectivity index (χ3n) is 1.68. The molecule has 0 bridgehead atoms. The lowest BCUT2D eigenvalue weighted by Crippen LogP contribution is -2.37. The maximum atomic E-state index is 11.1. The summed E-state index contributed by atoms with van der Waals surface area (Å²) < 4.78 is 0. The van der Waals surface area contributed by atoms with E-state index < -0.39 is 8.07 Å². The van der Waals surface area contributed by atoms with Crippen LogP contribution in [-0.2, 0) is 4.79 Å². The fraction of sp³-hybridized carbons (Fsp3) is 0.714. The molecule has 1 fully saturated rings. The molecule has 3 amide bonds. The Morgan fingerprint density at radius 1 is 1.33 bits per heavy atom. The Morgan fingerprint density at radius 3 is 2.25 bits per heavy atom. The zero-order valence-corrected chi connectivity index (χ0v) is 8.60. The molecule has 0 spiro atoms. The van der Waals surface area contributed by atoms with E-state index in [0.29, 0.717) is 0 Å². The van der Waals surface area contributed by atoms with Crippen LogP contribution in [0.25, 0.3) is 0 Å². The Bertz CT molecular complexity index is 222. The van der Waals surface area contributed by atoms with E-state index in [1.54, 1.807) is 0 Å². The first-order valence-corrected chi connectivity index (χ1v) is 7.70. The van der Waals surface area contributed by atoms with Crippen molar-refractivity contribution in [3.05, 3.63) is 0 Å². The van der Waals surface area contributed by atoms with Crippen molar-refractivity contribution in [2.45, 2.75) is 31.7 Å². The Labute approximate surface area is 72.7 Å². The highest BCUT2D eigenvalue weighted by molar-refractivity contribution is 6.76. The monoisotopic (exact) mass is 186 g/mol. The van der Waals surface area contributed by atoms with Gasteiger partial charge in [-0.1, -0.05) is 19.6 Å². The Kier molecular flexibility index (Phi) is 2.23. The normalized spacial score (nSPS) is 23.8. The second-order valence-corrected chi connectivity index (χ2v) is 9.81. The van der Waals surface area contributed by atoms with E-state index in [1.807, 2.05) is 0 Å². The number of hydrogen-bond acceptors (Lipinski definition) is 2. The van der Waals surface area contributed by atoms with Crippen LogP contribution in [0.1, 0.15) is 0 Å². The van der Waals surface area contributed by atoms with Crippen molar-refractivity contribution in [3.8, 4) is 0 Å². The Morgan fingerprint density at radius 2 is 1.92 bits per heavy atom. The molecule has 1 rings (SSSR count). The van der Waals surface area contributed by atoms with Crippen molar-refractivity contribution in [1.82, 2.24) is 10.6 Å². The van der Waals surface area contributed by atoms with Crippen molar-refractivity contribution in [2.24, 2.45) is 0 Å². The highest BCUT2D eigenvalue weighted by atomic mass is 28.3. The molecule has 2 N–H and O–H groups in total. The van der Waals surface area contributed by atoms with Crippen LogP contribution >= 0.6 is 0 Å². The number of rotatable bonds is 2. The molecule has 1 heterocycles. The Hall–Kier alpha value is -0.843. The van der Waals surface area contributed by atoms with E-state index in [0.717, 1.165) is 6.04 Å². The number of hydrogen-bond donors (Lipinski definition) is 2. The summed E-state index contributed by atoms with van der Waals surface area (Å²) in [6.07, 6.45) is 0. The summed E-state index contributed by atoms with van der Waals surface area (Å²) in [5, 5.41) is 4.82. The average molecular weight is 186 g/mol. The van der Waals surface area contributed by atoms with Crippen molar-refractivity contribution in [2.75, 3.05) is 0 Å². The van der Waals surface area contributed by atoms with Gasteiger partial charge in [-0.05, 0) is 6.04 Å². The maximum absolute atomic E-state index is 11.1. The zero-order chi connectivity index (χ0) is 9.35. The fourth-order valence-corrected chi connectivity index (χ4v) is 2.73. The molecule has 1 aliphatic heterocycles. The minimum absolute atomic E-state index is 0.178. The van der Waals surface area contributed by atoms with Crippen molar-refractivity contribution < 1.29 is 9.59 Å². The molecule has 0 aliphatic carbocycles. The zero-order valence-electron chi connectivity index (χ0n) is 7.60. The molecule has 5 heteroatoms. The number of amides is 3. The SMILES string of the molecule is C[Si](C)(C)CC1NC(=O)NC1=O. The third-order valence-corrected chi connectivity index (χ3v) is 3.31. The van der Waals surface area contributed by atoms with Crippen LogP contribution in [0.2, 0.25) is 25.7 Å². The number of carbonyl (C=O) groups excluding carboxylic acids is 2. The van der Waals surface area contributed by atoms with Crippen molar-refractivity contribution in [1.29, 1.82) is 0 Å². The van der Waals surface area contributed by atoms with E-state index >= 15 is 0 Å². The summed E-state index contributed by atoms with van der Waals surface area (Å²) in [4.78, 5) is 21.8. The molecule has 12 heavy (non-hydrogen) atoms. The van der Waals surface area contributed by atoms with Crippen LogP contribution in [0.5, 0.6) is 0 Å². The summed E-state index contributed by atoms with van der Waals surface area (Å²) in [6, 6.07) is 0.164. The molecule has 0 radical (unpaired) electrons. The molecule has 0 aromatic carbocycles. The van der Waals surface area contributed by atoms with Crippen LogP contribution in [-0.4, -0.2) is 26.1 Å². The van der Waals surface area contributed by atoms with Crippen LogP contribution in [0, 0.1) is 0 Å². The molecular formula is C7H14N2O2Si. The number of urea groups is 1. The smallest absolute Gasteiger partial charge is 0.322 e. The minimum Gasteiger partial charge on any atom is -0.326 e. The summed E-state index contributed by atoms with van der Waals surface area (Å²) in [6.45, 7) is 6.51. The quantitative estimate of drug-likeness (QED) is 0.488. The third kappa shape index (κ3) is 2.33. The lowest BCUT2D eigenvalue weighted by molar-refractivity contribution is -0.119. The number of carbonyl (C=O) groups is 2. The van der Waals surface area contributed by atoms with Crippen LogP contribution in [0.15, 0.2) is 0 Å². The first kappa shape index (κ1) is 9.25. The first-order valence-electron chi connectivity index (χ1n) is 4.00. The number of nitrogens with one attached hydrogen (secondary N) is 2. The molecular weight excluding hydrogens is 172 g/mol. The standard InChI is InChI=1S/C7H14N2O2Si/c1-12(2,3)4-5-6(10)9-7(11)8-5/h5H,4H2,1-3H3,(H2,8,9,10,11). The van der Waals surface area contributed by atoms with Gasteiger partial charge in [0, 0.05) is 8.07 Å². The van der Waals surface area contributed by atoms with Gasteiger partial charge in [0.05, 0.1) is 0 Å². The molecule has 1 saturated heterocycles. The summed E-state index contributed by atoms with van der Waals surface area (Å²) in [5.74, 6) is -0.178. The van der Waals surface area contributed by atoms with Gasteiger partial charge >= 0.3 is 6.03 Å². The van der Waals surface area contributed by atoms with Crippen LogP contribution < -0.4 is 10.6 Å². The second kappa shape index (κ2) is 2.89. The van der Waals surface area contributed by atoms with Crippen molar-refractivity contribution in [3.63, 3.8) is 0 Å². The topological polar surface area (TPSA) is 58.2 Å². The van der Waals surface area contributed by atoms with Gasteiger partial charge in [-0.25, -0.2) is 4.79 Å². The summed E-state index contributed by atoms with van der Waals surface area (Å²) >= 11 is 0. The second-order valence-electron chi connectivity index (χ2n) is 4.28. The molecule has 4 nitrogen and oxygen atoms in total. The predicted octanol–water partition coefficient (Wildman–Crippen LogP) is 0.533. The van der Waals surface area contributed by atoms with Gasteiger partial charge in [0.15, 0.2) is 0 Å². The fourth-order valence-electron chi connectivity index (χ4n) is 1.21. The molecule has 0 aromatic heterocycles. The van der Waals surface area contributed by atoms with Gasteiger partial charge in [-0.3, -0.25) is 10.1 Å². The largest absolute Gasteiger partial charge is 0.326 e. The van der Waals surface area contributed by atoms with E-state index in [9.17, 15) is 9.59 Å². The molecule has 0 saturated carbocycles. The highest BCUT2D eigenvalue weighted by Crippen LogP contribution is 2.13. The van der Waals surface area contributed by atoms with Crippen LogP contribution in [0.4, 0.5) is 4.79 Å². The van der Waals surface area contributed by atoms with Gasteiger partial charge in [0.2, 0.25) is 5.91 Å². The summed E-state index contributed by atoms with van der Waals surface area (Å²) in [7, 11) is -1.27. The minimum atomic E-state index is -1.27. The lowest BCUT2D eigenvalue weighted by atomic mass is 10.3. The van der Waals surface area contributed by atoms with E-state index in [1.165, 1.54) is 0 Å². The maximum Gasteiger partial charge on any atom is 0.322 e. The van der Waals surface area contributed by atoms with Gasteiger partial charge in [0.1, 0.15) is 6.04 Å². The van der Waals surface area contributed by atoms with Crippen molar-refractivity contribution >= 4 is 20.0 Å². The highest BCUT2D eigenvalue weighted by Gasteiger charge is 2.33. The van der Waals surface area contributed by atoms with Gasteiger partial charge < -0.3 is 5.32 Å². The molecule has 0 aromatic rings. The average Bonchev–Trinajstić information content (AvgIpc) is 2.06. The van der Waals surface area contributed by atoms with E-state index in [4.69, 9.17) is 0 Å². The van der Waals surface area contributed by atoms with Gasteiger partial charge in [0.25, 0.3) is 0 Å². The van der Waals surface area contributed by atoms with E-state index in [2.05, 4.69) is 30.3 Å². The van der Waals surface area contributed by atoms with E-state index in [-0.39, 0.29) is 18.0 Å². The predicted molar refractivity (Wildman–Crippen MR) is 48.6 cm³/mol. The van der Waals surface area contributed by atoms with Crippen LogP contribution in [0.3, 0.4) is 0 Å². The van der Waals surface area contributed by atoms with Gasteiger partial charge in [-0.2, -0.15) is 0 Å².